The standard InChI is InChI=1S/C22H25NO3S/c1-16-3-2-12-23(16)13-10-17-4-6-18(7-5-17)19-8-9-22-20(15-19)21(24)11-14-27(22,25)26/h4-9,15-16H,2-3,10-14H2,1H3/t16-/m1/s1. The first-order valence-corrected chi connectivity index (χ1v) is 11.3. The molecule has 0 saturated carbocycles. The SMILES string of the molecule is C[C@@H]1CCCN1CCc1ccc(-c2ccc3c(c2)C(=O)CCS3(=O)=O)cc1. The van der Waals surface area contributed by atoms with Crippen molar-refractivity contribution in [2.24, 2.45) is 0 Å². The molecule has 2 aliphatic rings. The fourth-order valence-corrected chi connectivity index (χ4v) is 5.59. The molecule has 1 saturated heterocycles. The summed E-state index contributed by atoms with van der Waals surface area (Å²) < 4.78 is 24.3. The van der Waals surface area contributed by atoms with Crippen molar-refractivity contribution >= 4 is 15.6 Å². The van der Waals surface area contributed by atoms with Gasteiger partial charge in [0.25, 0.3) is 0 Å². The van der Waals surface area contributed by atoms with E-state index >= 15 is 0 Å². The Labute approximate surface area is 161 Å². The van der Waals surface area contributed by atoms with Gasteiger partial charge in [-0.15, -0.1) is 0 Å². The Morgan fingerprint density at radius 3 is 2.52 bits per heavy atom. The summed E-state index contributed by atoms with van der Waals surface area (Å²) in [5.74, 6) is -0.166. The van der Waals surface area contributed by atoms with Crippen LogP contribution in [0.3, 0.4) is 0 Å². The van der Waals surface area contributed by atoms with Gasteiger partial charge in [0.1, 0.15) is 0 Å². The topological polar surface area (TPSA) is 54.5 Å². The van der Waals surface area contributed by atoms with Gasteiger partial charge in [0.2, 0.25) is 0 Å². The van der Waals surface area contributed by atoms with E-state index in [1.165, 1.54) is 24.9 Å². The summed E-state index contributed by atoms with van der Waals surface area (Å²) in [5.41, 5.74) is 3.53. The number of fused-ring (bicyclic) bond motifs is 1. The minimum Gasteiger partial charge on any atom is -0.300 e. The second-order valence-electron chi connectivity index (χ2n) is 7.68. The van der Waals surface area contributed by atoms with Gasteiger partial charge in [-0.05, 0) is 61.6 Å². The van der Waals surface area contributed by atoms with Crippen LogP contribution < -0.4 is 0 Å². The molecule has 4 rings (SSSR count). The van der Waals surface area contributed by atoms with E-state index in [-0.39, 0.29) is 22.9 Å². The van der Waals surface area contributed by atoms with E-state index in [2.05, 4.69) is 36.1 Å². The molecule has 27 heavy (non-hydrogen) atoms. The van der Waals surface area contributed by atoms with Gasteiger partial charge in [-0.1, -0.05) is 30.3 Å². The summed E-state index contributed by atoms with van der Waals surface area (Å²) in [7, 11) is -3.33. The lowest BCUT2D eigenvalue weighted by atomic mass is 9.98. The average molecular weight is 384 g/mol. The molecule has 2 heterocycles. The second-order valence-corrected chi connectivity index (χ2v) is 9.75. The van der Waals surface area contributed by atoms with E-state index in [9.17, 15) is 13.2 Å². The molecule has 142 valence electrons. The zero-order valence-electron chi connectivity index (χ0n) is 15.6. The molecule has 0 N–H and O–H groups in total. The molecule has 0 radical (unpaired) electrons. The molecule has 0 amide bonds. The van der Waals surface area contributed by atoms with Gasteiger partial charge in [-0.25, -0.2) is 8.42 Å². The van der Waals surface area contributed by atoms with Crippen molar-refractivity contribution in [3.63, 3.8) is 0 Å². The number of sulfone groups is 1. The van der Waals surface area contributed by atoms with Gasteiger partial charge in [0.15, 0.2) is 15.6 Å². The van der Waals surface area contributed by atoms with Crippen LogP contribution in [0.25, 0.3) is 11.1 Å². The van der Waals surface area contributed by atoms with Crippen LogP contribution in [0.2, 0.25) is 0 Å². The Hall–Kier alpha value is -1.98. The van der Waals surface area contributed by atoms with E-state index in [0.29, 0.717) is 11.6 Å². The van der Waals surface area contributed by atoms with Crippen molar-refractivity contribution in [1.29, 1.82) is 0 Å². The first kappa shape index (κ1) is 18.4. The minimum absolute atomic E-state index is 0.0760. The Morgan fingerprint density at radius 1 is 1.07 bits per heavy atom. The molecule has 1 atom stereocenters. The lowest BCUT2D eigenvalue weighted by Crippen LogP contribution is -2.28. The van der Waals surface area contributed by atoms with Crippen molar-refractivity contribution in [1.82, 2.24) is 4.90 Å². The molecule has 2 aliphatic heterocycles. The highest BCUT2D eigenvalue weighted by Gasteiger charge is 2.29. The van der Waals surface area contributed by atoms with Gasteiger partial charge < -0.3 is 4.90 Å². The van der Waals surface area contributed by atoms with Crippen LogP contribution in [-0.4, -0.2) is 44.0 Å². The largest absolute Gasteiger partial charge is 0.300 e. The monoisotopic (exact) mass is 383 g/mol. The number of likely N-dealkylation sites (tertiary alicyclic amines) is 1. The highest BCUT2D eigenvalue weighted by Crippen LogP contribution is 2.30. The van der Waals surface area contributed by atoms with Crippen molar-refractivity contribution < 1.29 is 13.2 Å². The van der Waals surface area contributed by atoms with Crippen LogP contribution in [0, 0.1) is 0 Å². The summed E-state index contributed by atoms with van der Waals surface area (Å²) in [6, 6.07) is 14.2. The number of ketones is 1. The molecule has 0 bridgehead atoms. The van der Waals surface area contributed by atoms with E-state index in [4.69, 9.17) is 0 Å². The fraction of sp³-hybridized carbons (Fsp3) is 0.409. The number of carbonyl (C=O) groups excluding carboxylic acids is 1. The number of nitrogens with zero attached hydrogens (tertiary/aromatic N) is 1. The number of hydrogen-bond acceptors (Lipinski definition) is 4. The van der Waals surface area contributed by atoms with Crippen molar-refractivity contribution in [3.05, 3.63) is 53.6 Å². The second kappa shape index (κ2) is 7.21. The molecular weight excluding hydrogens is 358 g/mol. The lowest BCUT2D eigenvalue weighted by molar-refractivity contribution is 0.0983. The number of benzene rings is 2. The van der Waals surface area contributed by atoms with Crippen molar-refractivity contribution in [2.45, 2.75) is 43.5 Å². The maximum atomic E-state index is 12.2. The highest BCUT2D eigenvalue weighted by molar-refractivity contribution is 7.91. The molecule has 0 aliphatic carbocycles. The van der Waals surface area contributed by atoms with E-state index in [1.54, 1.807) is 18.2 Å². The van der Waals surface area contributed by atoms with Gasteiger partial charge in [0, 0.05) is 24.6 Å². The summed E-state index contributed by atoms with van der Waals surface area (Å²) in [5, 5.41) is 0. The first-order chi connectivity index (χ1) is 12.9. The number of hydrogen-bond donors (Lipinski definition) is 0. The maximum absolute atomic E-state index is 12.2. The summed E-state index contributed by atoms with van der Waals surface area (Å²) in [4.78, 5) is 14.9. The Morgan fingerprint density at radius 2 is 1.81 bits per heavy atom. The summed E-state index contributed by atoms with van der Waals surface area (Å²) in [6.45, 7) is 4.59. The number of Topliss-reactive ketones (excluding diaryl/α,β-unsaturated/α-hetero) is 1. The highest BCUT2D eigenvalue weighted by atomic mass is 32.2. The van der Waals surface area contributed by atoms with E-state index in [1.807, 2.05) is 0 Å². The van der Waals surface area contributed by atoms with Crippen LogP contribution in [-0.2, 0) is 16.3 Å². The summed E-state index contributed by atoms with van der Waals surface area (Å²) >= 11 is 0. The zero-order valence-corrected chi connectivity index (χ0v) is 16.5. The quantitative estimate of drug-likeness (QED) is 0.807. The molecule has 5 heteroatoms. The van der Waals surface area contributed by atoms with Crippen LogP contribution in [0.4, 0.5) is 0 Å². The normalized spacial score (nSPS) is 22.0. The fourth-order valence-electron chi connectivity index (χ4n) is 4.13. The molecule has 0 aromatic heterocycles. The van der Waals surface area contributed by atoms with Crippen LogP contribution in [0.15, 0.2) is 47.4 Å². The van der Waals surface area contributed by atoms with Gasteiger partial charge in [-0.2, -0.15) is 0 Å². The van der Waals surface area contributed by atoms with Crippen LogP contribution >= 0.6 is 0 Å². The lowest BCUT2D eigenvalue weighted by Gasteiger charge is -2.20. The average Bonchev–Trinajstić information content (AvgIpc) is 3.08. The molecule has 2 aromatic carbocycles. The molecule has 1 fully saturated rings. The van der Waals surface area contributed by atoms with E-state index in [0.717, 1.165) is 24.1 Å². The predicted octanol–water partition coefficient (Wildman–Crippen LogP) is 3.74. The Bertz CT molecular complexity index is 964. The minimum atomic E-state index is -3.33. The van der Waals surface area contributed by atoms with Crippen LogP contribution in [0.5, 0.6) is 0 Å². The molecular formula is C22H25NO3S. The molecule has 4 nitrogen and oxygen atoms in total. The summed E-state index contributed by atoms with van der Waals surface area (Å²) in [6.07, 6.45) is 3.71. The third-order valence-electron chi connectivity index (χ3n) is 5.88. The van der Waals surface area contributed by atoms with Crippen molar-refractivity contribution in [3.8, 4) is 11.1 Å². The van der Waals surface area contributed by atoms with Gasteiger partial charge in [-0.3, -0.25) is 4.79 Å². The smallest absolute Gasteiger partial charge is 0.179 e. The number of carbonyl (C=O) groups is 1. The Balaban J connectivity index is 1.52. The molecule has 0 spiro atoms. The van der Waals surface area contributed by atoms with E-state index < -0.39 is 9.84 Å². The predicted molar refractivity (Wildman–Crippen MR) is 107 cm³/mol. The van der Waals surface area contributed by atoms with Crippen LogP contribution in [0.1, 0.15) is 42.1 Å². The van der Waals surface area contributed by atoms with Gasteiger partial charge >= 0.3 is 0 Å². The Kier molecular flexibility index (Phi) is 4.91. The molecule has 0 unspecified atom stereocenters. The number of rotatable bonds is 4. The third-order valence-corrected chi connectivity index (χ3v) is 7.65. The zero-order chi connectivity index (χ0) is 19.0. The van der Waals surface area contributed by atoms with Gasteiger partial charge in [0.05, 0.1) is 10.6 Å². The maximum Gasteiger partial charge on any atom is 0.179 e. The van der Waals surface area contributed by atoms with Crippen molar-refractivity contribution in [2.75, 3.05) is 18.8 Å². The first-order valence-electron chi connectivity index (χ1n) is 9.67. The third kappa shape index (κ3) is 3.71. The molecule has 2 aromatic rings.